The fraction of sp³-hybridized carbons (Fsp3) is 0.316. The molecule has 0 bridgehead atoms. The maximum Gasteiger partial charge on any atom is 0.271 e. The minimum absolute atomic E-state index is 0.146. The molecule has 3 rings (SSSR count). The number of nitrogens with one attached hydrogen (secondary N) is 1. The number of rotatable bonds is 6. The SMILES string of the molecule is Cc1nn(C)c(C)c1-c1cc(C(=O)N(C)CCOc2ccc(Cl)cc2)[nH]n1. The molecule has 1 N–H and O–H groups in total. The predicted molar refractivity (Wildman–Crippen MR) is 104 cm³/mol. The number of aromatic amines is 1. The Kier molecular flexibility index (Phi) is 5.51. The Morgan fingerprint density at radius 2 is 2.00 bits per heavy atom. The van der Waals surface area contributed by atoms with Crippen molar-refractivity contribution in [1.82, 2.24) is 24.9 Å². The van der Waals surface area contributed by atoms with Crippen molar-refractivity contribution < 1.29 is 9.53 Å². The Labute approximate surface area is 162 Å². The minimum atomic E-state index is -0.146. The van der Waals surface area contributed by atoms with Crippen molar-refractivity contribution in [2.24, 2.45) is 7.05 Å². The standard InChI is InChI=1S/C19H22ClN5O2/c1-12-18(13(2)25(4)23-12)16-11-17(22-21-16)19(26)24(3)9-10-27-15-7-5-14(20)6-8-15/h5-8,11H,9-10H2,1-4H3,(H,21,22). The molecule has 0 fully saturated rings. The molecule has 1 aromatic carbocycles. The van der Waals surface area contributed by atoms with Crippen molar-refractivity contribution in [2.75, 3.05) is 20.2 Å². The maximum atomic E-state index is 12.6. The number of hydrogen-bond donors (Lipinski definition) is 1. The molecule has 0 saturated heterocycles. The number of carbonyl (C=O) groups is 1. The quantitative estimate of drug-likeness (QED) is 0.704. The Bertz CT molecular complexity index is 946. The lowest BCUT2D eigenvalue weighted by atomic mass is 10.1. The molecule has 0 unspecified atom stereocenters. The van der Waals surface area contributed by atoms with Crippen molar-refractivity contribution in [1.29, 1.82) is 0 Å². The van der Waals surface area contributed by atoms with Crippen LogP contribution in [0.2, 0.25) is 5.02 Å². The van der Waals surface area contributed by atoms with E-state index in [4.69, 9.17) is 16.3 Å². The molecule has 7 nitrogen and oxygen atoms in total. The summed E-state index contributed by atoms with van der Waals surface area (Å²) in [5, 5.41) is 12.2. The highest BCUT2D eigenvalue weighted by Crippen LogP contribution is 2.25. The van der Waals surface area contributed by atoms with Gasteiger partial charge in [0.25, 0.3) is 5.91 Å². The van der Waals surface area contributed by atoms with Gasteiger partial charge in [-0.05, 0) is 44.2 Å². The molecule has 1 amide bonds. The van der Waals surface area contributed by atoms with Gasteiger partial charge in [0.15, 0.2) is 0 Å². The van der Waals surface area contributed by atoms with E-state index in [2.05, 4.69) is 15.3 Å². The lowest BCUT2D eigenvalue weighted by Gasteiger charge is -2.16. The summed E-state index contributed by atoms with van der Waals surface area (Å²) in [5.74, 6) is 0.569. The summed E-state index contributed by atoms with van der Waals surface area (Å²) in [6.07, 6.45) is 0. The molecule has 0 radical (unpaired) electrons. The van der Waals surface area contributed by atoms with Crippen molar-refractivity contribution in [2.45, 2.75) is 13.8 Å². The second-order valence-corrected chi connectivity index (χ2v) is 6.80. The Morgan fingerprint density at radius 1 is 1.30 bits per heavy atom. The minimum Gasteiger partial charge on any atom is -0.492 e. The van der Waals surface area contributed by atoms with E-state index >= 15 is 0 Å². The highest BCUT2D eigenvalue weighted by molar-refractivity contribution is 6.30. The summed E-state index contributed by atoms with van der Waals surface area (Å²) in [5.41, 5.74) is 3.98. The zero-order valence-electron chi connectivity index (χ0n) is 15.8. The molecule has 0 spiro atoms. The van der Waals surface area contributed by atoms with Crippen molar-refractivity contribution in [3.63, 3.8) is 0 Å². The molecular formula is C19H22ClN5O2. The van der Waals surface area contributed by atoms with Gasteiger partial charge in [-0.2, -0.15) is 10.2 Å². The van der Waals surface area contributed by atoms with Gasteiger partial charge in [-0.3, -0.25) is 14.6 Å². The Morgan fingerprint density at radius 3 is 2.63 bits per heavy atom. The van der Waals surface area contributed by atoms with Crippen LogP contribution in [0.5, 0.6) is 5.75 Å². The topological polar surface area (TPSA) is 76.0 Å². The van der Waals surface area contributed by atoms with Gasteiger partial charge in [0.2, 0.25) is 0 Å². The van der Waals surface area contributed by atoms with Crippen LogP contribution >= 0.6 is 11.6 Å². The van der Waals surface area contributed by atoms with E-state index in [1.807, 2.05) is 20.9 Å². The molecule has 0 aliphatic heterocycles. The number of likely N-dealkylation sites (N-methyl/N-ethyl adjacent to an activating group) is 1. The summed E-state index contributed by atoms with van der Waals surface area (Å²) in [6.45, 7) is 4.73. The fourth-order valence-electron chi connectivity index (χ4n) is 2.84. The smallest absolute Gasteiger partial charge is 0.271 e. The second-order valence-electron chi connectivity index (χ2n) is 6.37. The van der Waals surface area contributed by atoms with Crippen molar-refractivity contribution in [3.05, 3.63) is 52.4 Å². The van der Waals surface area contributed by atoms with E-state index in [0.29, 0.717) is 35.3 Å². The van der Waals surface area contributed by atoms with Crippen molar-refractivity contribution >= 4 is 17.5 Å². The molecule has 142 valence electrons. The molecule has 2 aromatic heterocycles. The van der Waals surface area contributed by atoms with Gasteiger partial charge in [-0.25, -0.2) is 0 Å². The fourth-order valence-corrected chi connectivity index (χ4v) is 2.97. The normalized spacial score (nSPS) is 10.9. The summed E-state index contributed by atoms with van der Waals surface area (Å²) >= 11 is 5.85. The average Bonchev–Trinajstić information content (AvgIpc) is 3.20. The first-order valence-corrected chi connectivity index (χ1v) is 8.94. The first kappa shape index (κ1) is 19.0. The van der Waals surface area contributed by atoms with E-state index in [0.717, 1.165) is 17.0 Å². The number of H-pyrrole nitrogens is 1. The monoisotopic (exact) mass is 387 g/mol. The van der Waals surface area contributed by atoms with Gasteiger partial charge < -0.3 is 9.64 Å². The predicted octanol–water partition coefficient (Wildman–Crippen LogP) is 3.23. The van der Waals surface area contributed by atoms with Crippen LogP contribution in [0.1, 0.15) is 21.9 Å². The number of aromatic nitrogens is 4. The lowest BCUT2D eigenvalue weighted by Crippen LogP contribution is -2.31. The van der Waals surface area contributed by atoms with Crippen LogP contribution in [0, 0.1) is 13.8 Å². The third-order valence-electron chi connectivity index (χ3n) is 4.43. The van der Waals surface area contributed by atoms with E-state index in [-0.39, 0.29) is 5.91 Å². The number of halogens is 1. The number of hydrogen-bond acceptors (Lipinski definition) is 4. The number of ether oxygens (including phenoxy) is 1. The number of benzene rings is 1. The zero-order valence-corrected chi connectivity index (χ0v) is 16.5. The van der Waals surface area contributed by atoms with Gasteiger partial charge in [-0.15, -0.1) is 0 Å². The molecule has 8 heteroatoms. The molecule has 27 heavy (non-hydrogen) atoms. The number of nitrogens with zero attached hydrogens (tertiary/aromatic N) is 4. The van der Waals surface area contributed by atoms with Crippen LogP contribution in [0.3, 0.4) is 0 Å². The Balaban J connectivity index is 1.62. The van der Waals surface area contributed by atoms with Gasteiger partial charge in [0.1, 0.15) is 18.1 Å². The van der Waals surface area contributed by atoms with Gasteiger partial charge >= 0.3 is 0 Å². The maximum absolute atomic E-state index is 12.6. The summed E-state index contributed by atoms with van der Waals surface area (Å²) in [6, 6.07) is 8.88. The summed E-state index contributed by atoms with van der Waals surface area (Å²) in [7, 11) is 3.62. The molecule has 0 saturated carbocycles. The van der Waals surface area contributed by atoms with Crippen LogP contribution in [-0.2, 0) is 7.05 Å². The average molecular weight is 388 g/mol. The molecule has 0 aliphatic carbocycles. The van der Waals surface area contributed by atoms with Gasteiger partial charge in [-0.1, -0.05) is 11.6 Å². The molecule has 3 aromatic rings. The number of amides is 1. The van der Waals surface area contributed by atoms with Gasteiger partial charge in [0, 0.05) is 30.4 Å². The third kappa shape index (κ3) is 4.14. The zero-order chi connectivity index (χ0) is 19.6. The largest absolute Gasteiger partial charge is 0.492 e. The second kappa shape index (κ2) is 7.84. The van der Waals surface area contributed by atoms with Crippen LogP contribution in [-0.4, -0.2) is 51.0 Å². The molecule has 0 atom stereocenters. The molecular weight excluding hydrogens is 366 g/mol. The Hall–Kier alpha value is -2.80. The summed E-state index contributed by atoms with van der Waals surface area (Å²) < 4.78 is 7.44. The molecule has 0 aliphatic rings. The molecule has 2 heterocycles. The van der Waals surface area contributed by atoms with Crippen LogP contribution in [0.25, 0.3) is 11.3 Å². The lowest BCUT2D eigenvalue weighted by molar-refractivity contribution is 0.0768. The van der Waals surface area contributed by atoms with E-state index in [9.17, 15) is 4.79 Å². The summed E-state index contributed by atoms with van der Waals surface area (Å²) in [4.78, 5) is 14.2. The number of aryl methyl sites for hydroxylation is 2. The third-order valence-corrected chi connectivity index (χ3v) is 4.68. The number of carbonyl (C=O) groups excluding carboxylic acids is 1. The highest BCUT2D eigenvalue weighted by atomic mass is 35.5. The van der Waals surface area contributed by atoms with Crippen LogP contribution in [0.4, 0.5) is 0 Å². The van der Waals surface area contributed by atoms with E-state index in [1.54, 1.807) is 47.0 Å². The van der Waals surface area contributed by atoms with E-state index < -0.39 is 0 Å². The first-order valence-electron chi connectivity index (χ1n) is 8.56. The van der Waals surface area contributed by atoms with E-state index in [1.165, 1.54) is 0 Å². The highest BCUT2D eigenvalue weighted by Gasteiger charge is 2.19. The van der Waals surface area contributed by atoms with Crippen LogP contribution < -0.4 is 4.74 Å². The van der Waals surface area contributed by atoms with Crippen LogP contribution in [0.15, 0.2) is 30.3 Å². The van der Waals surface area contributed by atoms with Crippen molar-refractivity contribution in [3.8, 4) is 17.0 Å². The first-order chi connectivity index (χ1) is 12.9. The van der Waals surface area contributed by atoms with Gasteiger partial charge in [0.05, 0.1) is 17.9 Å².